The molecule has 0 spiro atoms. The summed E-state index contributed by atoms with van der Waals surface area (Å²) in [6.07, 6.45) is 4.79. The molecule has 2 aliphatic rings. The Bertz CT molecular complexity index is 773. The molecule has 1 amide bonds. The minimum Gasteiger partial charge on any atom is -0.328 e. The summed E-state index contributed by atoms with van der Waals surface area (Å²) in [5.74, 6) is 1.46. The highest BCUT2D eigenvalue weighted by molar-refractivity contribution is 5.95. The van der Waals surface area contributed by atoms with Crippen molar-refractivity contribution in [3.63, 3.8) is 0 Å². The standard InChI is InChI=1S/C17H23N5O/c1-9-7-10(2)22-17(19-9)15-13(8-14(23)20-16(15)21-22)11-3-5-12(18)6-4-11/h7,11-13H,3-6,8,18H2,1-2H3,(H,20,21,23). The second kappa shape index (κ2) is 5.30. The van der Waals surface area contributed by atoms with Crippen LogP contribution < -0.4 is 11.1 Å². The third-order valence-corrected chi connectivity index (χ3v) is 5.35. The Morgan fingerprint density at radius 2 is 2.00 bits per heavy atom. The first-order chi connectivity index (χ1) is 11.0. The number of nitrogens with two attached hydrogens (primary N) is 1. The molecule has 2 aromatic heterocycles. The maximum Gasteiger partial charge on any atom is 0.226 e. The van der Waals surface area contributed by atoms with E-state index in [9.17, 15) is 4.79 Å². The second-order valence-corrected chi connectivity index (χ2v) is 7.07. The molecule has 3 heterocycles. The van der Waals surface area contributed by atoms with Crippen molar-refractivity contribution in [2.24, 2.45) is 11.7 Å². The van der Waals surface area contributed by atoms with Gasteiger partial charge in [0, 0.05) is 35.3 Å². The van der Waals surface area contributed by atoms with Gasteiger partial charge in [-0.3, -0.25) is 4.79 Å². The molecule has 6 heteroatoms. The third kappa shape index (κ3) is 2.41. The van der Waals surface area contributed by atoms with E-state index in [1.165, 1.54) is 0 Å². The van der Waals surface area contributed by atoms with E-state index in [2.05, 4.69) is 10.4 Å². The summed E-state index contributed by atoms with van der Waals surface area (Å²) in [5, 5.41) is 7.54. The van der Waals surface area contributed by atoms with Crippen LogP contribution in [0.25, 0.3) is 5.65 Å². The molecule has 1 aliphatic carbocycles. The van der Waals surface area contributed by atoms with Gasteiger partial charge >= 0.3 is 0 Å². The molecule has 0 bridgehead atoms. The first-order valence-corrected chi connectivity index (χ1v) is 8.45. The van der Waals surface area contributed by atoms with Crippen LogP contribution in [-0.2, 0) is 4.79 Å². The molecule has 1 saturated carbocycles. The van der Waals surface area contributed by atoms with Crippen LogP contribution in [0.3, 0.4) is 0 Å². The molecule has 1 atom stereocenters. The van der Waals surface area contributed by atoms with E-state index in [0.717, 1.165) is 48.3 Å². The predicted octanol–water partition coefficient (Wildman–Crippen LogP) is 2.29. The summed E-state index contributed by atoms with van der Waals surface area (Å²) in [4.78, 5) is 16.9. The molecule has 122 valence electrons. The molecule has 23 heavy (non-hydrogen) atoms. The summed E-state index contributed by atoms with van der Waals surface area (Å²) in [6, 6.07) is 2.33. The highest BCUT2D eigenvalue weighted by atomic mass is 16.1. The van der Waals surface area contributed by atoms with E-state index in [1.54, 1.807) is 0 Å². The number of nitrogens with zero attached hydrogens (tertiary/aromatic N) is 3. The molecule has 0 aromatic carbocycles. The lowest BCUT2D eigenvalue weighted by molar-refractivity contribution is -0.117. The number of carbonyl (C=O) groups excluding carboxylic acids is 1. The second-order valence-electron chi connectivity index (χ2n) is 7.07. The Morgan fingerprint density at radius 1 is 1.26 bits per heavy atom. The average Bonchev–Trinajstić information content (AvgIpc) is 2.86. The number of rotatable bonds is 1. The lowest BCUT2D eigenvalue weighted by Crippen LogP contribution is -2.32. The number of fused-ring (bicyclic) bond motifs is 3. The highest BCUT2D eigenvalue weighted by Crippen LogP contribution is 2.44. The van der Waals surface area contributed by atoms with Crippen molar-refractivity contribution in [2.45, 2.75) is 57.9 Å². The number of anilines is 1. The topological polar surface area (TPSA) is 85.3 Å². The van der Waals surface area contributed by atoms with Gasteiger partial charge in [-0.25, -0.2) is 9.50 Å². The number of amides is 1. The number of aryl methyl sites for hydroxylation is 2. The van der Waals surface area contributed by atoms with Crippen LogP contribution in [0.15, 0.2) is 6.07 Å². The summed E-state index contributed by atoms with van der Waals surface area (Å²) in [5.41, 5.74) is 10.1. The van der Waals surface area contributed by atoms with Crippen molar-refractivity contribution in [2.75, 3.05) is 5.32 Å². The zero-order chi connectivity index (χ0) is 16.1. The molecular weight excluding hydrogens is 290 g/mol. The molecule has 1 unspecified atom stereocenters. The van der Waals surface area contributed by atoms with Crippen LogP contribution >= 0.6 is 0 Å². The Balaban J connectivity index is 1.83. The van der Waals surface area contributed by atoms with Crippen LogP contribution in [0.2, 0.25) is 0 Å². The Morgan fingerprint density at radius 3 is 2.74 bits per heavy atom. The molecule has 1 aliphatic heterocycles. The summed E-state index contributed by atoms with van der Waals surface area (Å²) in [6.45, 7) is 4.03. The number of hydrogen-bond donors (Lipinski definition) is 2. The van der Waals surface area contributed by atoms with E-state index < -0.39 is 0 Å². The van der Waals surface area contributed by atoms with Gasteiger partial charge in [0.2, 0.25) is 5.91 Å². The lowest BCUT2D eigenvalue weighted by Gasteiger charge is -2.34. The van der Waals surface area contributed by atoms with Crippen LogP contribution in [-0.4, -0.2) is 26.5 Å². The van der Waals surface area contributed by atoms with Gasteiger partial charge in [0.25, 0.3) is 0 Å². The largest absolute Gasteiger partial charge is 0.328 e. The van der Waals surface area contributed by atoms with Crippen LogP contribution in [0.5, 0.6) is 0 Å². The van der Waals surface area contributed by atoms with Gasteiger partial charge in [0.05, 0.1) is 0 Å². The van der Waals surface area contributed by atoms with E-state index in [4.69, 9.17) is 10.7 Å². The first kappa shape index (κ1) is 14.6. The molecule has 1 fully saturated rings. The quantitative estimate of drug-likeness (QED) is 0.846. The maximum atomic E-state index is 12.2. The zero-order valence-electron chi connectivity index (χ0n) is 13.7. The molecule has 2 aromatic rings. The van der Waals surface area contributed by atoms with E-state index in [-0.39, 0.29) is 11.8 Å². The normalized spacial score (nSPS) is 27.8. The van der Waals surface area contributed by atoms with Crippen molar-refractivity contribution < 1.29 is 4.79 Å². The smallest absolute Gasteiger partial charge is 0.226 e. The van der Waals surface area contributed by atoms with E-state index >= 15 is 0 Å². The van der Waals surface area contributed by atoms with Crippen LogP contribution in [0.1, 0.15) is 55.0 Å². The van der Waals surface area contributed by atoms with E-state index in [0.29, 0.717) is 24.2 Å². The average molecular weight is 313 g/mol. The first-order valence-electron chi connectivity index (χ1n) is 8.45. The fourth-order valence-corrected chi connectivity index (χ4v) is 4.21. The fraction of sp³-hybridized carbons (Fsp3) is 0.588. The molecule has 0 saturated heterocycles. The molecule has 4 rings (SSSR count). The zero-order valence-corrected chi connectivity index (χ0v) is 13.7. The predicted molar refractivity (Wildman–Crippen MR) is 88.4 cm³/mol. The van der Waals surface area contributed by atoms with Crippen LogP contribution in [0, 0.1) is 19.8 Å². The van der Waals surface area contributed by atoms with Crippen LogP contribution in [0.4, 0.5) is 5.82 Å². The maximum absolute atomic E-state index is 12.2. The fourth-order valence-electron chi connectivity index (χ4n) is 4.21. The molecule has 3 N–H and O–H groups in total. The Labute approximate surface area is 135 Å². The number of nitrogens with one attached hydrogen (secondary N) is 1. The van der Waals surface area contributed by atoms with Crippen molar-refractivity contribution >= 4 is 17.4 Å². The number of aromatic nitrogens is 3. The van der Waals surface area contributed by atoms with Gasteiger partial charge in [0.1, 0.15) is 0 Å². The number of hydrogen-bond acceptors (Lipinski definition) is 4. The van der Waals surface area contributed by atoms with Gasteiger partial charge < -0.3 is 11.1 Å². The van der Waals surface area contributed by atoms with Crippen molar-refractivity contribution in [3.05, 3.63) is 23.0 Å². The Hall–Kier alpha value is -1.95. The monoisotopic (exact) mass is 313 g/mol. The summed E-state index contributed by atoms with van der Waals surface area (Å²) < 4.78 is 1.87. The minimum atomic E-state index is 0.0650. The van der Waals surface area contributed by atoms with Crippen molar-refractivity contribution in [1.29, 1.82) is 0 Å². The van der Waals surface area contributed by atoms with Crippen molar-refractivity contribution in [3.8, 4) is 0 Å². The van der Waals surface area contributed by atoms with Gasteiger partial charge in [-0.1, -0.05) is 0 Å². The molecular formula is C17H23N5O. The SMILES string of the molecule is Cc1cc(C)n2nc3c(c2n1)C(C1CCC(N)CC1)CC(=O)N3. The minimum absolute atomic E-state index is 0.0650. The Kier molecular flexibility index (Phi) is 3.37. The van der Waals surface area contributed by atoms with Gasteiger partial charge in [-0.2, -0.15) is 0 Å². The van der Waals surface area contributed by atoms with Gasteiger partial charge in [-0.15, -0.1) is 5.10 Å². The number of carbonyl (C=O) groups is 1. The van der Waals surface area contributed by atoms with Crippen molar-refractivity contribution in [1.82, 2.24) is 14.6 Å². The third-order valence-electron chi connectivity index (χ3n) is 5.35. The molecule has 0 radical (unpaired) electrons. The lowest BCUT2D eigenvalue weighted by atomic mass is 9.73. The van der Waals surface area contributed by atoms with E-state index in [1.807, 2.05) is 24.4 Å². The highest BCUT2D eigenvalue weighted by Gasteiger charge is 2.37. The molecule has 6 nitrogen and oxygen atoms in total. The summed E-state index contributed by atoms with van der Waals surface area (Å²) >= 11 is 0. The summed E-state index contributed by atoms with van der Waals surface area (Å²) in [7, 11) is 0. The van der Waals surface area contributed by atoms with Gasteiger partial charge in [-0.05, 0) is 51.5 Å². The van der Waals surface area contributed by atoms with Gasteiger partial charge in [0.15, 0.2) is 11.5 Å².